The van der Waals surface area contributed by atoms with Crippen LogP contribution in [0.5, 0.6) is 0 Å². The standard InChI is InChI=1S/C24H27ClN2O/c25-20-12-10-19(11-13-20)14-16-26-23-21-8-4-5-9-22(21)24(28)27(23)17-15-18-6-2-1-3-7-18/h1-3,6-7,10-13,23,26H,4-5,8-9,14-17H2/t23-/m0/s1. The van der Waals surface area contributed by atoms with Crippen molar-refractivity contribution in [1.82, 2.24) is 10.2 Å². The maximum absolute atomic E-state index is 13.1. The number of halogens is 1. The van der Waals surface area contributed by atoms with Crippen LogP contribution in [0.3, 0.4) is 0 Å². The van der Waals surface area contributed by atoms with Gasteiger partial charge in [0.15, 0.2) is 0 Å². The Hall–Kier alpha value is -2.10. The Morgan fingerprint density at radius 3 is 2.43 bits per heavy atom. The van der Waals surface area contributed by atoms with Crippen LogP contribution in [0.1, 0.15) is 36.8 Å². The molecule has 2 aliphatic rings. The van der Waals surface area contributed by atoms with Crippen molar-refractivity contribution in [2.24, 2.45) is 0 Å². The molecule has 2 aromatic carbocycles. The zero-order valence-corrected chi connectivity index (χ0v) is 16.9. The molecule has 3 nitrogen and oxygen atoms in total. The Morgan fingerprint density at radius 2 is 1.64 bits per heavy atom. The molecule has 1 atom stereocenters. The molecule has 4 rings (SSSR count). The summed E-state index contributed by atoms with van der Waals surface area (Å²) >= 11 is 5.98. The Balaban J connectivity index is 1.43. The fourth-order valence-corrected chi connectivity index (χ4v) is 4.44. The lowest BCUT2D eigenvalue weighted by Gasteiger charge is -2.28. The number of amides is 1. The normalized spacial score (nSPS) is 19.2. The van der Waals surface area contributed by atoms with Crippen LogP contribution in [0.15, 0.2) is 65.7 Å². The number of hydrogen-bond donors (Lipinski definition) is 1. The first-order valence-electron chi connectivity index (χ1n) is 10.3. The molecule has 0 unspecified atom stereocenters. The summed E-state index contributed by atoms with van der Waals surface area (Å²) in [6.45, 7) is 1.60. The van der Waals surface area contributed by atoms with E-state index in [4.69, 9.17) is 11.6 Å². The lowest BCUT2D eigenvalue weighted by atomic mass is 9.92. The number of nitrogens with one attached hydrogen (secondary N) is 1. The second kappa shape index (κ2) is 8.93. The minimum atomic E-state index is 0.0545. The molecule has 1 aliphatic carbocycles. The first kappa shape index (κ1) is 19.2. The Labute approximate surface area is 172 Å². The average Bonchev–Trinajstić information content (AvgIpc) is 3.00. The smallest absolute Gasteiger partial charge is 0.251 e. The van der Waals surface area contributed by atoms with Crippen LogP contribution < -0.4 is 5.32 Å². The number of rotatable bonds is 7. The van der Waals surface area contributed by atoms with Gasteiger partial charge in [-0.3, -0.25) is 10.1 Å². The molecule has 4 heteroatoms. The fourth-order valence-electron chi connectivity index (χ4n) is 4.32. The minimum Gasteiger partial charge on any atom is -0.319 e. The van der Waals surface area contributed by atoms with Crippen molar-refractivity contribution in [2.45, 2.75) is 44.7 Å². The van der Waals surface area contributed by atoms with E-state index in [1.165, 1.54) is 23.1 Å². The first-order chi connectivity index (χ1) is 13.7. The third kappa shape index (κ3) is 4.31. The van der Waals surface area contributed by atoms with Crippen molar-refractivity contribution < 1.29 is 4.79 Å². The summed E-state index contributed by atoms with van der Waals surface area (Å²) < 4.78 is 0. The predicted molar refractivity (Wildman–Crippen MR) is 114 cm³/mol. The maximum Gasteiger partial charge on any atom is 0.251 e. The quantitative estimate of drug-likeness (QED) is 0.734. The highest BCUT2D eigenvalue weighted by molar-refractivity contribution is 6.30. The highest BCUT2D eigenvalue weighted by Crippen LogP contribution is 2.35. The molecule has 28 heavy (non-hydrogen) atoms. The second-order valence-electron chi connectivity index (χ2n) is 7.68. The van der Waals surface area contributed by atoms with Crippen LogP contribution in [0, 0.1) is 0 Å². The van der Waals surface area contributed by atoms with E-state index >= 15 is 0 Å². The zero-order valence-electron chi connectivity index (χ0n) is 16.2. The first-order valence-corrected chi connectivity index (χ1v) is 10.6. The van der Waals surface area contributed by atoms with E-state index in [1.54, 1.807) is 0 Å². The highest BCUT2D eigenvalue weighted by atomic mass is 35.5. The largest absolute Gasteiger partial charge is 0.319 e. The van der Waals surface area contributed by atoms with Gasteiger partial charge in [0.05, 0.1) is 0 Å². The number of benzene rings is 2. The molecule has 1 aliphatic heterocycles. The molecule has 146 valence electrons. The Morgan fingerprint density at radius 1 is 0.929 bits per heavy atom. The summed E-state index contributed by atoms with van der Waals surface area (Å²) in [5, 5.41) is 4.44. The van der Waals surface area contributed by atoms with Crippen LogP contribution in [0.2, 0.25) is 5.02 Å². The topological polar surface area (TPSA) is 32.3 Å². The number of carbonyl (C=O) groups excluding carboxylic acids is 1. The van der Waals surface area contributed by atoms with Crippen molar-refractivity contribution in [3.63, 3.8) is 0 Å². The van der Waals surface area contributed by atoms with Crippen molar-refractivity contribution in [1.29, 1.82) is 0 Å². The lowest BCUT2D eigenvalue weighted by Crippen LogP contribution is -2.47. The molecule has 1 heterocycles. The van der Waals surface area contributed by atoms with E-state index < -0.39 is 0 Å². The molecule has 0 radical (unpaired) electrons. The van der Waals surface area contributed by atoms with Crippen molar-refractivity contribution in [3.05, 3.63) is 81.9 Å². The minimum absolute atomic E-state index is 0.0545. The molecule has 0 aromatic heterocycles. The predicted octanol–water partition coefficient (Wildman–Crippen LogP) is 4.75. The maximum atomic E-state index is 13.1. The van der Waals surface area contributed by atoms with Crippen LogP contribution in [-0.2, 0) is 17.6 Å². The second-order valence-corrected chi connectivity index (χ2v) is 8.11. The summed E-state index contributed by atoms with van der Waals surface area (Å²) in [6.07, 6.45) is 6.17. The summed E-state index contributed by atoms with van der Waals surface area (Å²) in [7, 11) is 0. The Kier molecular flexibility index (Phi) is 6.13. The van der Waals surface area contributed by atoms with Crippen molar-refractivity contribution >= 4 is 17.5 Å². The van der Waals surface area contributed by atoms with Crippen molar-refractivity contribution in [2.75, 3.05) is 13.1 Å². The van der Waals surface area contributed by atoms with Crippen LogP contribution in [-0.4, -0.2) is 30.1 Å². The molecule has 0 spiro atoms. The molecule has 2 aromatic rings. The van der Waals surface area contributed by atoms with Gasteiger partial charge in [0.1, 0.15) is 6.17 Å². The van der Waals surface area contributed by atoms with Gasteiger partial charge in [0.25, 0.3) is 5.91 Å². The van der Waals surface area contributed by atoms with Crippen LogP contribution in [0.25, 0.3) is 0 Å². The monoisotopic (exact) mass is 394 g/mol. The highest BCUT2D eigenvalue weighted by Gasteiger charge is 2.38. The lowest BCUT2D eigenvalue weighted by molar-refractivity contribution is -0.127. The molecule has 1 N–H and O–H groups in total. The summed E-state index contributed by atoms with van der Waals surface area (Å²) in [4.78, 5) is 15.1. The van der Waals surface area contributed by atoms with Gasteiger partial charge in [0, 0.05) is 23.7 Å². The van der Waals surface area contributed by atoms with Gasteiger partial charge in [-0.25, -0.2) is 0 Å². The van der Waals surface area contributed by atoms with Gasteiger partial charge in [-0.2, -0.15) is 0 Å². The molecule has 0 fully saturated rings. The van der Waals surface area contributed by atoms with Gasteiger partial charge >= 0.3 is 0 Å². The zero-order chi connectivity index (χ0) is 19.3. The summed E-state index contributed by atoms with van der Waals surface area (Å²) in [6, 6.07) is 18.4. The van der Waals surface area contributed by atoms with E-state index in [2.05, 4.69) is 46.6 Å². The van der Waals surface area contributed by atoms with E-state index in [9.17, 15) is 4.79 Å². The molecule has 1 amide bonds. The van der Waals surface area contributed by atoms with Gasteiger partial charge < -0.3 is 4.90 Å². The average molecular weight is 395 g/mol. The molecular weight excluding hydrogens is 368 g/mol. The van der Waals surface area contributed by atoms with Gasteiger partial charge in [-0.15, -0.1) is 0 Å². The van der Waals surface area contributed by atoms with Crippen molar-refractivity contribution in [3.8, 4) is 0 Å². The molecular formula is C24H27ClN2O. The summed E-state index contributed by atoms with van der Waals surface area (Å²) in [5.41, 5.74) is 4.94. The van der Waals surface area contributed by atoms with E-state index in [0.29, 0.717) is 0 Å². The molecule has 0 saturated carbocycles. The summed E-state index contributed by atoms with van der Waals surface area (Å²) in [5.74, 6) is 0.245. The van der Waals surface area contributed by atoms with E-state index in [0.717, 1.165) is 55.8 Å². The third-order valence-electron chi connectivity index (χ3n) is 5.82. The third-order valence-corrected chi connectivity index (χ3v) is 6.07. The SMILES string of the molecule is O=C1C2=C(CCCC2)[C@@H](NCCc2ccc(Cl)cc2)N1CCc1ccccc1. The van der Waals surface area contributed by atoms with Gasteiger partial charge in [-0.05, 0) is 67.4 Å². The van der Waals surface area contributed by atoms with Gasteiger partial charge in [-0.1, -0.05) is 54.1 Å². The molecule has 0 saturated heterocycles. The Bertz CT molecular complexity index is 845. The van der Waals surface area contributed by atoms with Gasteiger partial charge in [0.2, 0.25) is 0 Å². The van der Waals surface area contributed by atoms with E-state index in [-0.39, 0.29) is 12.1 Å². The fraction of sp³-hybridized carbons (Fsp3) is 0.375. The number of nitrogens with zero attached hydrogens (tertiary/aromatic N) is 1. The van der Waals surface area contributed by atoms with Crippen LogP contribution >= 0.6 is 11.6 Å². The number of carbonyl (C=O) groups is 1. The number of hydrogen-bond acceptors (Lipinski definition) is 2. The molecule has 0 bridgehead atoms. The van der Waals surface area contributed by atoms with Crippen LogP contribution in [0.4, 0.5) is 0 Å². The van der Waals surface area contributed by atoms with E-state index in [1.807, 2.05) is 18.2 Å².